The monoisotopic (exact) mass is 219 g/mol. The van der Waals surface area contributed by atoms with Gasteiger partial charge in [-0.3, -0.25) is 4.79 Å². The molecule has 0 radical (unpaired) electrons. The van der Waals surface area contributed by atoms with Crippen molar-refractivity contribution in [3.8, 4) is 0 Å². The van der Waals surface area contributed by atoms with Crippen molar-refractivity contribution < 1.29 is 4.79 Å². The van der Waals surface area contributed by atoms with Crippen LogP contribution in [0.3, 0.4) is 0 Å². The highest BCUT2D eigenvalue weighted by atomic mass is 35.5. The third-order valence-corrected chi connectivity index (χ3v) is 2.81. The first kappa shape index (κ1) is 13.8. The summed E-state index contributed by atoms with van der Waals surface area (Å²) >= 11 is 5.52. The Labute approximate surface area is 92.4 Å². The predicted molar refractivity (Wildman–Crippen MR) is 61.6 cm³/mol. The second-order valence-electron chi connectivity index (χ2n) is 4.17. The van der Waals surface area contributed by atoms with Gasteiger partial charge in [-0.05, 0) is 24.7 Å². The zero-order chi connectivity index (χ0) is 11.0. The van der Waals surface area contributed by atoms with E-state index in [1.807, 2.05) is 0 Å². The number of rotatable bonds is 7. The van der Waals surface area contributed by atoms with Crippen LogP contribution < -0.4 is 5.32 Å². The first-order valence-electron chi connectivity index (χ1n) is 5.40. The van der Waals surface area contributed by atoms with Gasteiger partial charge in [0, 0.05) is 18.8 Å². The van der Waals surface area contributed by atoms with E-state index in [9.17, 15) is 4.79 Å². The van der Waals surface area contributed by atoms with Crippen molar-refractivity contribution in [3.05, 3.63) is 0 Å². The minimum Gasteiger partial charge on any atom is -0.356 e. The van der Waals surface area contributed by atoms with E-state index < -0.39 is 0 Å². The highest BCUT2D eigenvalue weighted by molar-refractivity contribution is 6.17. The maximum Gasteiger partial charge on any atom is 0.220 e. The van der Waals surface area contributed by atoms with Gasteiger partial charge in [-0.1, -0.05) is 20.8 Å². The molecule has 0 spiro atoms. The molecule has 1 N–H and O–H groups in total. The Kier molecular flexibility index (Phi) is 7.96. The van der Waals surface area contributed by atoms with Gasteiger partial charge in [0.25, 0.3) is 0 Å². The summed E-state index contributed by atoms with van der Waals surface area (Å²) in [6, 6.07) is 0. The van der Waals surface area contributed by atoms with Crippen molar-refractivity contribution in [2.24, 2.45) is 11.8 Å². The Balaban J connectivity index is 3.44. The molecular formula is C11H22ClNO. The molecule has 1 unspecified atom stereocenters. The summed E-state index contributed by atoms with van der Waals surface area (Å²) in [7, 11) is 0. The third kappa shape index (κ3) is 7.19. The van der Waals surface area contributed by atoms with E-state index >= 15 is 0 Å². The molecule has 0 rings (SSSR count). The summed E-state index contributed by atoms with van der Waals surface area (Å²) in [6.45, 7) is 7.29. The Hall–Kier alpha value is -0.240. The standard InChI is InChI=1S/C11H22ClNO/c1-9(2)10(3)8-13-11(14)6-4-5-7-12/h9-10H,4-8H2,1-3H3,(H,13,14). The van der Waals surface area contributed by atoms with E-state index in [1.165, 1.54) is 0 Å². The van der Waals surface area contributed by atoms with Crippen molar-refractivity contribution >= 4 is 17.5 Å². The van der Waals surface area contributed by atoms with E-state index in [0.29, 0.717) is 24.1 Å². The van der Waals surface area contributed by atoms with Crippen molar-refractivity contribution in [2.45, 2.75) is 40.0 Å². The molecule has 0 saturated heterocycles. The van der Waals surface area contributed by atoms with Gasteiger partial charge in [0.1, 0.15) is 0 Å². The number of alkyl halides is 1. The molecule has 3 heteroatoms. The van der Waals surface area contributed by atoms with E-state index in [-0.39, 0.29) is 5.91 Å². The lowest BCUT2D eigenvalue weighted by atomic mass is 9.98. The van der Waals surface area contributed by atoms with Crippen LogP contribution in [0.1, 0.15) is 40.0 Å². The van der Waals surface area contributed by atoms with Gasteiger partial charge in [0.05, 0.1) is 0 Å². The Bertz CT molecular complexity index is 159. The normalized spacial score (nSPS) is 12.9. The topological polar surface area (TPSA) is 29.1 Å². The van der Waals surface area contributed by atoms with Gasteiger partial charge in [0.15, 0.2) is 0 Å². The molecular weight excluding hydrogens is 198 g/mol. The summed E-state index contributed by atoms with van der Waals surface area (Å²) in [4.78, 5) is 11.3. The average Bonchev–Trinajstić information content (AvgIpc) is 2.14. The molecule has 0 fully saturated rings. The predicted octanol–water partition coefficient (Wildman–Crippen LogP) is 2.80. The van der Waals surface area contributed by atoms with Crippen LogP contribution >= 0.6 is 11.6 Å². The second kappa shape index (κ2) is 8.10. The Morgan fingerprint density at radius 3 is 2.43 bits per heavy atom. The molecule has 1 amide bonds. The molecule has 1 atom stereocenters. The van der Waals surface area contributed by atoms with Crippen LogP contribution in [0.4, 0.5) is 0 Å². The molecule has 0 aromatic rings. The van der Waals surface area contributed by atoms with Crippen LogP contribution in [-0.4, -0.2) is 18.3 Å². The van der Waals surface area contributed by atoms with Gasteiger partial charge >= 0.3 is 0 Å². The van der Waals surface area contributed by atoms with Crippen LogP contribution in [0.25, 0.3) is 0 Å². The smallest absolute Gasteiger partial charge is 0.220 e. The molecule has 84 valence electrons. The number of halogens is 1. The molecule has 0 aliphatic heterocycles. The maximum absolute atomic E-state index is 11.3. The minimum absolute atomic E-state index is 0.155. The van der Waals surface area contributed by atoms with Gasteiger partial charge in [-0.25, -0.2) is 0 Å². The van der Waals surface area contributed by atoms with E-state index in [1.54, 1.807) is 0 Å². The Morgan fingerprint density at radius 2 is 1.93 bits per heavy atom. The lowest BCUT2D eigenvalue weighted by Crippen LogP contribution is -2.29. The third-order valence-electron chi connectivity index (χ3n) is 2.55. The second-order valence-corrected chi connectivity index (χ2v) is 4.55. The van der Waals surface area contributed by atoms with Crippen molar-refractivity contribution in [1.82, 2.24) is 5.32 Å². The highest BCUT2D eigenvalue weighted by Crippen LogP contribution is 2.07. The van der Waals surface area contributed by atoms with Gasteiger partial charge in [-0.15, -0.1) is 11.6 Å². The summed E-state index contributed by atoms with van der Waals surface area (Å²) in [5.41, 5.74) is 0. The number of hydrogen-bond acceptors (Lipinski definition) is 1. The summed E-state index contributed by atoms with van der Waals surface area (Å²) in [5, 5.41) is 2.94. The van der Waals surface area contributed by atoms with Crippen LogP contribution in [0.15, 0.2) is 0 Å². The number of carbonyl (C=O) groups is 1. The van der Waals surface area contributed by atoms with Crippen LogP contribution in [0.5, 0.6) is 0 Å². The van der Waals surface area contributed by atoms with Crippen molar-refractivity contribution in [2.75, 3.05) is 12.4 Å². The molecule has 2 nitrogen and oxygen atoms in total. The van der Waals surface area contributed by atoms with Crippen molar-refractivity contribution in [3.63, 3.8) is 0 Å². The molecule has 14 heavy (non-hydrogen) atoms. The van der Waals surface area contributed by atoms with Crippen LogP contribution in [-0.2, 0) is 4.79 Å². The fraction of sp³-hybridized carbons (Fsp3) is 0.909. The maximum atomic E-state index is 11.3. The van der Waals surface area contributed by atoms with Crippen LogP contribution in [0.2, 0.25) is 0 Å². The van der Waals surface area contributed by atoms with Gasteiger partial charge in [0.2, 0.25) is 5.91 Å². The number of unbranched alkanes of at least 4 members (excludes halogenated alkanes) is 1. The summed E-state index contributed by atoms with van der Waals surface area (Å²) in [6.07, 6.45) is 2.43. The molecule has 0 aromatic carbocycles. The molecule has 0 aliphatic carbocycles. The molecule has 0 heterocycles. The number of nitrogens with one attached hydrogen (secondary N) is 1. The van der Waals surface area contributed by atoms with E-state index in [0.717, 1.165) is 19.4 Å². The van der Waals surface area contributed by atoms with Gasteiger partial charge in [-0.2, -0.15) is 0 Å². The lowest BCUT2D eigenvalue weighted by molar-refractivity contribution is -0.121. The quantitative estimate of drug-likeness (QED) is 0.518. The fourth-order valence-corrected chi connectivity index (χ4v) is 1.17. The SMILES string of the molecule is CC(C)C(C)CNC(=O)CCCCCl. The van der Waals surface area contributed by atoms with E-state index in [2.05, 4.69) is 26.1 Å². The zero-order valence-corrected chi connectivity index (χ0v) is 10.2. The van der Waals surface area contributed by atoms with Crippen LogP contribution in [0, 0.1) is 11.8 Å². The highest BCUT2D eigenvalue weighted by Gasteiger charge is 2.08. The minimum atomic E-state index is 0.155. The first-order valence-corrected chi connectivity index (χ1v) is 5.94. The summed E-state index contributed by atoms with van der Waals surface area (Å²) < 4.78 is 0. The average molecular weight is 220 g/mol. The van der Waals surface area contributed by atoms with E-state index in [4.69, 9.17) is 11.6 Å². The van der Waals surface area contributed by atoms with Gasteiger partial charge < -0.3 is 5.32 Å². The number of carbonyl (C=O) groups excluding carboxylic acids is 1. The molecule has 0 aromatic heterocycles. The van der Waals surface area contributed by atoms with Crippen molar-refractivity contribution in [1.29, 1.82) is 0 Å². The Morgan fingerprint density at radius 1 is 1.29 bits per heavy atom. The zero-order valence-electron chi connectivity index (χ0n) is 9.48. The summed E-state index contributed by atoms with van der Waals surface area (Å²) in [5.74, 6) is 1.98. The fourth-order valence-electron chi connectivity index (χ4n) is 0.979. The lowest BCUT2D eigenvalue weighted by Gasteiger charge is -2.15. The largest absolute Gasteiger partial charge is 0.356 e. The number of amides is 1. The first-order chi connectivity index (χ1) is 6.57. The number of hydrogen-bond donors (Lipinski definition) is 1. The molecule has 0 bridgehead atoms. The molecule has 0 aliphatic rings. The molecule has 0 saturated carbocycles.